The Balaban J connectivity index is 1.38. The van der Waals surface area contributed by atoms with Crippen molar-refractivity contribution in [3.8, 4) is 0 Å². The van der Waals surface area contributed by atoms with Gasteiger partial charge in [0.25, 0.3) is 0 Å². The molecule has 0 spiro atoms. The highest BCUT2D eigenvalue weighted by Gasteiger charge is 2.27. The summed E-state index contributed by atoms with van der Waals surface area (Å²) in [6.45, 7) is 5.75. The van der Waals surface area contributed by atoms with E-state index < -0.39 is 0 Å². The largest absolute Gasteiger partial charge is 0.312 e. The van der Waals surface area contributed by atoms with Crippen molar-refractivity contribution in [2.75, 3.05) is 19.6 Å². The van der Waals surface area contributed by atoms with Crippen molar-refractivity contribution in [3.63, 3.8) is 0 Å². The highest BCUT2D eigenvalue weighted by Crippen LogP contribution is 2.29. The Kier molecular flexibility index (Phi) is 4.65. The van der Waals surface area contributed by atoms with Crippen LogP contribution in [0.2, 0.25) is 0 Å². The van der Waals surface area contributed by atoms with Crippen LogP contribution in [0.1, 0.15) is 36.0 Å². The monoisotopic (exact) mass is 393 g/mol. The molecule has 2 aliphatic heterocycles. The summed E-state index contributed by atoms with van der Waals surface area (Å²) in [7, 11) is 0. The van der Waals surface area contributed by atoms with Crippen LogP contribution in [0.5, 0.6) is 0 Å². The molecule has 2 aromatic rings. The molecule has 7 heteroatoms. The molecule has 0 bridgehead atoms. The van der Waals surface area contributed by atoms with Gasteiger partial charge in [-0.25, -0.2) is 4.39 Å². The van der Waals surface area contributed by atoms with E-state index in [1.807, 2.05) is 12.1 Å². The molecular formula is C17H21BrFN5. The Hall–Kier alpha value is -1.31. The first kappa shape index (κ1) is 16.2. The lowest BCUT2D eigenvalue weighted by molar-refractivity contribution is 0.199. The van der Waals surface area contributed by atoms with Crippen molar-refractivity contribution in [2.45, 2.75) is 38.4 Å². The third kappa shape index (κ3) is 3.25. The molecule has 5 nitrogen and oxygen atoms in total. The molecule has 2 aliphatic rings. The van der Waals surface area contributed by atoms with Crippen LogP contribution >= 0.6 is 15.9 Å². The molecule has 1 aromatic carbocycles. The number of benzene rings is 1. The lowest BCUT2D eigenvalue weighted by Gasteiger charge is -2.32. The zero-order chi connectivity index (χ0) is 16.5. The van der Waals surface area contributed by atoms with Crippen molar-refractivity contribution in [2.24, 2.45) is 0 Å². The zero-order valence-electron chi connectivity index (χ0n) is 13.5. The van der Waals surface area contributed by atoms with Gasteiger partial charge in [0.15, 0.2) is 0 Å². The topological polar surface area (TPSA) is 46.0 Å². The number of hydrogen-bond donors (Lipinski definition) is 1. The number of aromatic nitrogens is 3. The number of hydrogen-bond acceptors (Lipinski definition) is 4. The number of nitrogens with zero attached hydrogens (tertiary/aromatic N) is 4. The van der Waals surface area contributed by atoms with Crippen molar-refractivity contribution in [1.82, 2.24) is 25.0 Å². The third-order valence-corrected chi connectivity index (χ3v) is 5.60. The molecule has 3 heterocycles. The van der Waals surface area contributed by atoms with Gasteiger partial charge in [-0.3, -0.25) is 4.90 Å². The number of halogens is 2. The maximum Gasteiger partial charge on any atom is 0.147 e. The fraction of sp³-hybridized carbons (Fsp3) is 0.529. The van der Waals surface area contributed by atoms with E-state index in [9.17, 15) is 4.39 Å². The fourth-order valence-electron chi connectivity index (χ4n) is 3.66. The van der Waals surface area contributed by atoms with E-state index in [4.69, 9.17) is 0 Å². The molecule has 4 rings (SSSR count). The van der Waals surface area contributed by atoms with Crippen LogP contribution in [-0.2, 0) is 19.6 Å². The van der Waals surface area contributed by atoms with Crippen LogP contribution < -0.4 is 5.32 Å². The molecule has 0 unspecified atom stereocenters. The Bertz CT molecular complexity index is 724. The Labute approximate surface area is 149 Å². The normalized spacial score (nSPS) is 19.4. The second kappa shape index (κ2) is 6.90. The van der Waals surface area contributed by atoms with E-state index in [-0.39, 0.29) is 5.82 Å². The van der Waals surface area contributed by atoms with Gasteiger partial charge in [-0.05, 0) is 59.6 Å². The summed E-state index contributed by atoms with van der Waals surface area (Å²) in [6, 6.07) is 5.28. The summed E-state index contributed by atoms with van der Waals surface area (Å²) in [6.07, 6.45) is 2.21. The molecule has 1 aromatic heterocycles. The first-order valence-corrected chi connectivity index (χ1v) is 9.29. The number of likely N-dealkylation sites (tertiary alicyclic amines) is 1. The van der Waals surface area contributed by atoms with Gasteiger partial charge < -0.3 is 9.88 Å². The van der Waals surface area contributed by atoms with Crippen molar-refractivity contribution in [3.05, 3.63) is 45.7 Å². The first-order chi connectivity index (χ1) is 11.7. The molecule has 1 fully saturated rings. The molecule has 0 saturated carbocycles. The molecule has 0 amide bonds. The van der Waals surface area contributed by atoms with Crippen LogP contribution in [0.4, 0.5) is 4.39 Å². The van der Waals surface area contributed by atoms with Crippen molar-refractivity contribution >= 4 is 15.9 Å². The third-order valence-electron chi connectivity index (χ3n) is 4.99. The number of fused-ring (bicyclic) bond motifs is 1. The van der Waals surface area contributed by atoms with E-state index in [2.05, 4.69) is 40.9 Å². The Morgan fingerprint density at radius 1 is 1.21 bits per heavy atom. The summed E-state index contributed by atoms with van der Waals surface area (Å²) in [5.41, 5.74) is 1.15. The fourth-order valence-corrected chi connectivity index (χ4v) is 4.09. The second-order valence-corrected chi connectivity index (χ2v) is 7.46. The maximum atomic E-state index is 13.3. The average molecular weight is 394 g/mol. The van der Waals surface area contributed by atoms with Gasteiger partial charge in [-0.15, -0.1) is 10.2 Å². The van der Waals surface area contributed by atoms with Gasteiger partial charge in [-0.1, -0.05) is 6.07 Å². The van der Waals surface area contributed by atoms with E-state index in [1.165, 1.54) is 6.07 Å². The molecule has 24 heavy (non-hydrogen) atoms. The van der Waals surface area contributed by atoms with E-state index in [1.54, 1.807) is 0 Å². The lowest BCUT2D eigenvalue weighted by Crippen LogP contribution is -2.34. The summed E-state index contributed by atoms with van der Waals surface area (Å²) in [5, 5.41) is 12.1. The second-order valence-electron chi connectivity index (χ2n) is 6.60. The van der Waals surface area contributed by atoms with Gasteiger partial charge in [0.1, 0.15) is 17.5 Å². The maximum absolute atomic E-state index is 13.3. The molecule has 1 saturated heterocycles. The summed E-state index contributed by atoms with van der Waals surface area (Å²) < 4.78 is 16.2. The van der Waals surface area contributed by atoms with Gasteiger partial charge >= 0.3 is 0 Å². The highest BCUT2D eigenvalue weighted by molar-refractivity contribution is 9.10. The van der Waals surface area contributed by atoms with E-state index in [0.717, 1.165) is 69.3 Å². The minimum atomic E-state index is -0.205. The Morgan fingerprint density at radius 2 is 2.04 bits per heavy atom. The van der Waals surface area contributed by atoms with E-state index >= 15 is 0 Å². The van der Waals surface area contributed by atoms with Crippen molar-refractivity contribution in [1.29, 1.82) is 0 Å². The van der Waals surface area contributed by atoms with E-state index in [0.29, 0.717) is 10.4 Å². The molecular weight excluding hydrogens is 373 g/mol. The molecule has 0 radical (unpaired) electrons. The molecule has 0 aliphatic carbocycles. The van der Waals surface area contributed by atoms with Crippen LogP contribution in [0.3, 0.4) is 0 Å². The SMILES string of the molecule is Fc1ccc(CN2CCC(c3nnc4n3CCNC4)CC2)cc1Br. The molecule has 128 valence electrons. The highest BCUT2D eigenvalue weighted by atomic mass is 79.9. The summed E-state index contributed by atoms with van der Waals surface area (Å²) in [4.78, 5) is 2.44. The zero-order valence-corrected chi connectivity index (χ0v) is 15.1. The van der Waals surface area contributed by atoms with Crippen LogP contribution in [0.15, 0.2) is 22.7 Å². The predicted molar refractivity (Wildman–Crippen MR) is 93.1 cm³/mol. The number of piperidine rings is 1. The van der Waals surface area contributed by atoms with Crippen LogP contribution in [0, 0.1) is 5.82 Å². The minimum Gasteiger partial charge on any atom is -0.312 e. The minimum absolute atomic E-state index is 0.205. The molecule has 1 N–H and O–H groups in total. The number of nitrogens with one attached hydrogen (secondary N) is 1. The Morgan fingerprint density at radius 3 is 2.83 bits per heavy atom. The summed E-state index contributed by atoms with van der Waals surface area (Å²) >= 11 is 3.26. The van der Waals surface area contributed by atoms with Gasteiger partial charge in [0.05, 0.1) is 11.0 Å². The average Bonchev–Trinajstić information content (AvgIpc) is 3.03. The van der Waals surface area contributed by atoms with Crippen LogP contribution in [-0.4, -0.2) is 39.3 Å². The summed E-state index contributed by atoms with van der Waals surface area (Å²) in [5.74, 6) is 2.52. The van der Waals surface area contributed by atoms with Crippen molar-refractivity contribution < 1.29 is 4.39 Å². The molecule has 0 atom stereocenters. The quantitative estimate of drug-likeness (QED) is 0.870. The van der Waals surface area contributed by atoms with Gasteiger partial charge in [0, 0.05) is 25.6 Å². The van der Waals surface area contributed by atoms with Crippen LogP contribution in [0.25, 0.3) is 0 Å². The number of rotatable bonds is 3. The lowest BCUT2D eigenvalue weighted by atomic mass is 9.95. The van der Waals surface area contributed by atoms with Gasteiger partial charge in [-0.2, -0.15) is 0 Å². The first-order valence-electron chi connectivity index (χ1n) is 8.49. The predicted octanol–water partition coefficient (Wildman–Crippen LogP) is 2.66. The smallest absolute Gasteiger partial charge is 0.147 e. The standard InChI is InChI=1S/C17H21BrFN5/c18-14-9-12(1-2-15(14)19)11-23-6-3-13(4-7-23)17-22-21-16-10-20-5-8-24(16)17/h1-2,9,13,20H,3-8,10-11H2. The van der Waals surface area contributed by atoms with Gasteiger partial charge in [0.2, 0.25) is 0 Å².